The van der Waals surface area contributed by atoms with Gasteiger partial charge in [0.2, 0.25) is 5.91 Å². The number of rotatable bonds is 5. The van der Waals surface area contributed by atoms with E-state index in [0.29, 0.717) is 48.0 Å². The fourth-order valence-corrected chi connectivity index (χ4v) is 3.34. The number of hydrogen-bond acceptors (Lipinski definition) is 4. The van der Waals surface area contributed by atoms with Crippen LogP contribution in [-0.2, 0) is 14.3 Å². The van der Waals surface area contributed by atoms with E-state index in [1.807, 2.05) is 4.90 Å². The first-order valence-corrected chi connectivity index (χ1v) is 8.98. The van der Waals surface area contributed by atoms with E-state index in [1.165, 1.54) is 0 Å². The second-order valence-electron chi connectivity index (χ2n) is 6.00. The third-order valence-corrected chi connectivity index (χ3v) is 5.14. The number of carbonyl (C=O) groups is 1. The van der Waals surface area contributed by atoms with Crippen molar-refractivity contribution < 1.29 is 19.0 Å². The topological polar surface area (TPSA) is 48.0 Å². The number of likely N-dealkylation sites (tertiary alicyclic amines) is 1. The van der Waals surface area contributed by atoms with Gasteiger partial charge in [-0.1, -0.05) is 23.2 Å². The summed E-state index contributed by atoms with van der Waals surface area (Å²) in [6, 6.07) is 5.08. The molecule has 3 rings (SSSR count). The molecule has 2 aliphatic heterocycles. The summed E-state index contributed by atoms with van der Waals surface area (Å²) in [5.41, 5.74) is 0. The lowest BCUT2D eigenvalue weighted by Gasteiger charge is -2.33. The van der Waals surface area contributed by atoms with E-state index in [1.54, 1.807) is 18.2 Å². The van der Waals surface area contributed by atoms with Crippen molar-refractivity contribution in [3.05, 3.63) is 28.2 Å². The van der Waals surface area contributed by atoms with E-state index in [9.17, 15) is 4.79 Å². The zero-order valence-electron chi connectivity index (χ0n) is 13.4. The van der Waals surface area contributed by atoms with Crippen LogP contribution in [0.3, 0.4) is 0 Å². The Morgan fingerprint density at radius 2 is 1.88 bits per heavy atom. The van der Waals surface area contributed by atoms with Gasteiger partial charge in [0, 0.05) is 25.1 Å². The van der Waals surface area contributed by atoms with Crippen LogP contribution >= 0.6 is 23.2 Å². The molecular weight excluding hydrogens is 353 g/mol. The van der Waals surface area contributed by atoms with E-state index < -0.39 is 0 Å². The van der Waals surface area contributed by atoms with Crippen LogP contribution in [-0.4, -0.2) is 50.0 Å². The third-order valence-electron chi connectivity index (χ3n) is 4.40. The maximum atomic E-state index is 12.3. The predicted octanol–water partition coefficient (Wildman–Crippen LogP) is 3.37. The van der Waals surface area contributed by atoms with Crippen molar-refractivity contribution in [2.24, 2.45) is 5.92 Å². The van der Waals surface area contributed by atoms with Crippen LogP contribution in [0.5, 0.6) is 5.75 Å². The Morgan fingerprint density at radius 3 is 2.54 bits per heavy atom. The molecule has 5 nitrogen and oxygen atoms in total. The Morgan fingerprint density at radius 1 is 1.17 bits per heavy atom. The van der Waals surface area contributed by atoms with Gasteiger partial charge in [-0.15, -0.1) is 0 Å². The van der Waals surface area contributed by atoms with E-state index in [2.05, 4.69) is 0 Å². The Kier molecular flexibility index (Phi) is 6.22. The number of nitrogens with zero attached hydrogens (tertiary/aromatic N) is 1. The molecule has 0 spiro atoms. The molecule has 0 unspecified atom stereocenters. The van der Waals surface area contributed by atoms with E-state index in [4.69, 9.17) is 37.4 Å². The smallest absolute Gasteiger partial charge is 0.225 e. The molecule has 2 heterocycles. The molecule has 1 aromatic rings. The summed E-state index contributed by atoms with van der Waals surface area (Å²) in [5, 5.41) is 0.928. The summed E-state index contributed by atoms with van der Waals surface area (Å²) in [7, 11) is 0. The Labute approximate surface area is 151 Å². The van der Waals surface area contributed by atoms with Gasteiger partial charge < -0.3 is 19.1 Å². The minimum Gasteiger partial charge on any atom is -0.493 e. The first-order valence-electron chi connectivity index (χ1n) is 8.22. The van der Waals surface area contributed by atoms with Gasteiger partial charge in [-0.3, -0.25) is 4.79 Å². The lowest BCUT2D eigenvalue weighted by atomic mass is 9.96. The lowest BCUT2D eigenvalue weighted by molar-refractivity contribution is -0.137. The summed E-state index contributed by atoms with van der Waals surface area (Å²) in [6.07, 6.45) is 2.11. The average molecular weight is 374 g/mol. The molecule has 0 aliphatic carbocycles. The molecule has 2 aliphatic rings. The molecule has 0 N–H and O–H groups in total. The highest BCUT2D eigenvalue weighted by molar-refractivity contribution is 6.42. The molecule has 0 saturated carbocycles. The highest BCUT2D eigenvalue weighted by atomic mass is 35.5. The Balaban J connectivity index is 1.38. The van der Waals surface area contributed by atoms with Crippen LogP contribution in [0.4, 0.5) is 0 Å². The van der Waals surface area contributed by atoms with Crippen LogP contribution in [0.1, 0.15) is 19.3 Å². The zero-order chi connectivity index (χ0) is 16.9. The number of ether oxygens (including phenoxy) is 3. The fourth-order valence-electron chi connectivity index (χ4n) is 3.05. The van der Waals surface area contributed by atoms with Crippen LogP contribution in [0.25, 0.3) is 0 Å². The lowest BCUT2D eigenvalue weighted by Crippen LogP contribution is -2.41. The molecule has 132 valence electrons. The van der Waals surface area contributed by atoms with Crippen molar-refractivity contribution in [1.29, 1.82) is 0 Å². The molecule has 2 saturated heterocycles. The number of amides is 1. The monoisotopic (exact) mass is 373 g/mol. The molecule has 0 atom stereocenters. The quantitative estimate of drug-likeness (QED) is 0.793. The van der Waals surface area contributed by atoms with Crippen molar-refractivity contribution in [1.82, 2.24) is 4.90 Å². The van der Waals surface area contributed by atoms with Crippen LogP contribution in [0.2, 0.25) is 10.0 Å². The Bertz CT molecular complexity index is 570. The number of benzene rings is 1. The molecule has 24 heavy (non-hydrogen) atoms. The number of hydrogen-bond donors (Lipinski definition) is 0. The molecule has 0 radical (unpaired) electrons. The maximum Gasteiger partial charge on any atom is 0.225 e. The molecule has 1 aromatic carbocycles. The predicted molar refractivity (Wildman–Crippen MR) is 91.6 cm³/mol. The second-order valence-corrected chi connectivity index (χ2v) is 6.82. The van der Waals surface area contributed by atoms with Gasteiger partial charge in [-0.25, -0.2) is 0 Å². The number of halogens is 2. The maximum absolute atomic E-state index is 12.3. The van der Waals surface area contributed by atoms with Gasteiger partial charge in [0.15, 0.2) is 6.29 Å². The number of carbonyl (C=O) groups excluding carboxylic acids is 1. The van der Waals surface area contributed by atoms with Crippen LogP contribution in [0.15, 0.2) is 18.2 Å². The van der Waals surface area contributed by atoms with E-state index in [-0.39, 0.29) is 12.2 Å². The van der Waals surface area contributed by atoms with Crippen molar-refractivity contribution in [2.75, 3.05) is 32.9 Å². The fraction of sp³-hybridized carbons (Fsp3) is 0.588. The highest BCUT2D eigenvalue weighted by Crippen LogP contribution is 2.27. The van der Waals surface area contributed by atoms with Gasteiger partial charge in [0.25, 0.3) is 0 Å². The van der Waals surface area contributed by atoms with Crippen molar-refractivity contribution >= 4 is 29.1 Å². The molecular formula is C17H21Cl2NO4. The van der Waals surface area contributed by atoms with Crippen LogP contribution < -0.4 is 4.74 Å². The van der Waals surface area contributed by atoms with E-state index >= 15 is 0 Å². The molecule has 0 bridgehead atoms. The minimum absolute atomic E-state index is 0.0831. The second kappa shape index (κ2) is 8.39. The molecule has 0 aromatic heterocycles. The summed E-state index contributed by atoms with van der Waals surface area (Å²) in [4.78, 5) is 14.2. The van der Waals surface area contributed by atoms with Crippen LogP contribution in [0, 0.1) is 5.92 Å². The average Bonchev–Trinajstić information content (AvgIpc) is 3.13. The zero-order valence-corrected chi connectivity index (χ0v) is 14.9. The number of piperidine rings is 1. The third kappa shape index (κ3) is 4.54. The van der Waals surface area contributed by atoms with Gasteiger partial charge in [0.05, 0.1) is 36.3 Å². The Hall–Kier alpha value is -1.01. The minimum atomic E-state index is -0.0831. The highest BCUT2D eigenvalue weighted by Gasteiger charge is 2.31. The van der Waals surface area contributed by atoms with Gasteiger partial charge >= 0.3 is 0 Å². The molecule has 1 amide bonds. The largest absolute Gasteiger partial charge is 0.493 e. The molecule has 7 heteroatoms. The SMILES string of the molecule is O=C(CCOc1ccc(Cl)c(Cl)c1)N1CCC(C2OCCO2)CC1. The van der Waals surface area contributed by atoms with Crippen molar-refractivity contribution in [2.45, 2.75) is 25.6 Å². The first-order chi connectivity index (χ1) is 11.6. The first kappa shape index (κ1) is 17.8. The van der Waals surface area contributed by atoms with E-state index in [0.717, 1.165) is 25.9 Å². The van der Waals surface area contributed by atoms with Crippen molar-refractivity contribution in [3.8, 4) is 5.75 Å². The normalized spacial score (nSPS) is 19.7. The summed E-state index contributed by atoms with van der Waals surface area (Å²) in [6.45, 7) is 3.18. The summed E-state index contributed by atoms with van der Waals surface area (Å²) >= 11 is 11.8. The van der Waals surface area contributed by atoms with Crippen molar-refractivity contribution in [3.63, 3.8) is 0 Å². The summed E-state index contributed by atoms with van der Waals surface area (Å²) < 4.78 is 16.7. The standard InChI is InChI=1S/C17H21Cl2NO4/c18-14-2-1-13(11-15(14)19)22-8-5-16(21)20-6-3-12(4-7-20)17-23-9-10-24-17/h1-2,11-12,17H,3-10H2. The van der Waals surface area contributed by atoms with Gasteiger partial charge in [-0.05, 0) is 25.0 Å². The summed E-state index contributed by atoms with van der Waals surface area (Å²) in [5.74, 6) is 1.12. The van der Waals surface area contributed by atoms with Gasteiger partial charge in [-0.2, -0.15) is 0 Å². The van der Waals surface area contributed by atoms with Gasteiger partial charge in [0.1, 0.15) is 5.75 Å². The molecule has 2 fully saturated rings.